The third kappa shape index (κ3) is 2.65. The van der Waals surface area contributed by atoms with Crippen molar-refractivity contribution in [2.45, 2.75) is 23.4 Å². The van der Waals surface area contributed by atoms with Gasteiger partial charge in [0.1, 0.15) is 0 Å². The van der Waals surface area contributed by atoms with E-state index in [-0.39, 0.29) is 17.0 Å². The van der Waals surface area contributed by atoms with Crippen LogP contribution in [0.2, 0.25) is 0 Å². The lowest BCUT2D eigenvalue weighted by Crippen LogP contribution is -2.30. The average molecular weight is 370 g/mol. The van der Waals surface area contributed by atoms with Crippen molar-refractivity contribution >= 4 is 41.9 Å². The van der Waals surface area contributed by atoms with Gasteiger partial charge in [0.15, 0.2) is 0 Å². The molecular formula is C9H10Br2N2O2S. The van der Waals surface area contributed by atoms with E-state index in [4.69, 9.17) is 5.73 Å². The summed E-state index contributed by atoms with van der Waals surface area (Å²) in [6.45, 7) is 0. The molecule has 16 heavy (non-hydrogen) atoms. The van der Waals surface area contributed by atoms with Gasteiger partial charge in [0.2, 0.25) is 10.0 Å². The van der Waals surface area contributed by atoms with Crippen molar-refractivity contribution in [3.8, 4) is 0 Å². The van der Waals surface area contributed by atoms with Crippen LogP contribution in [0.15, 0.2) is 32.0 Å². The molecule has 1 aliphatic rings. The Morgan fingerprint density at radius 3 is 2.56 bits per heavy atom. The third-order valence-corrected chi connectivity index (χ3v) is 5.31. The lowest BCUT2D eigenvalue weighted by atomic mass is 10.4. The summed E-state index contributed by atoms with van der Waals surface area (Å²) < 4.78 is 27.8. The summed E-state index contributed by atoms with van der Waals surface area (Å²) in [5.41, 5.74) is 5.57. The minimum absolute atomic E-state index is 0.0549. The molecule has 0 aromatic heterocycles. The molecule has 1 aliphatic carbocycles. The summed E-state index contributed by atoms with van der Waals surface area (Å²) in [6.07, 6.45) is 0.699. The van der Waals surface area contributed by atoms with Gasteiger partial charge in [-0.3, -0.25) is 0 Å². The summed E-state index contributed by atoms with van der Waals surface area (Å²) >= 11 is 6.47. The van der Waals surface area contributed by atoms with Gasteiger partial charge in [0.05, 0.1) is 4.90 Å². The Morgan fingerprint density at radius 2 is 2.00 bits per heavy atom. The van der Waals surface area contributed by atoms with E-state index < -0.39 is 10.0 Å². The molecule has 1 saturated carbocycles. The molecule has 4 nitrogen and oxygen atoms in total. The second kappa shape index (κ2) is 4.38. The average Bonchev–Trinajstić information content (AvgIpc) is 2.85. The fourth-order valence-electron chi connectivity index (χ4n) is 1.30. The van der Waals surface area contributed by atoms with Crippen molar-refractivity contribution in [3.05, 3.63) is 27.1 Å². The number of nitrogens with one attached hydrogen (secondary N) is 1. The van der Waals surface area contributed by atoms with Crippen molar-refractivity contribution < 1.29 is 8.42 Å². The maximum Gasteiger partial charge on any atom is 0.242 e. The molecule has 1 aromatic rings. The summed E-state index contributed by atoms with van der Waals surface area (Å²) in [7, 11) is -3.49. The Kier molecular flexibility index (Phi) is 3.42. The second-order valence-electron chi connectivity index (χ2n) is 3.70. The topological polar surface area (TPSA) is 72.2 Å². The number of hydrogen-bond donors (Lipinski definition) is 2. The highest BCUT2D eigenvalue weighted by molar-refractivity contribution is 9.11. The van der Waals surface area contributed by atoms with E-state index in [0.29, 0.717) is 10.9 Å². The molecule has 3 N–H and O–H groups in total. The summed E-state index contributed by atoms with van der Waals surface area (Å²) in [5.74, 6) is 0. The van der Waals surface area contributed by atoms with Gasteiger partial charge < -0.3 is 5.73 Å². The predicted molar refractivity (Wildman–Crippen MR) is 68.5 cm³/mol. The van der Waals surface area contributed by atoms with Crippen LogP contribution in [0, 0.1) is 0 Å². The van der Waals surface area contributed by atoms with Gasteiger partial charge in [0.25, 0.3) is 0 Å². The van der Waals surface area contributed by atoms with Crippen molar-refractivity contribution in [1.82, 2.24) is 4.72 Å². The van der Waals surface area contributed by atoms with E-state index >= 15 is 0 Å². The van der Waals surface area contributed by atoms with Crippen molar-refractivity contribution in [3.63, 3.8) is 0 Å². The monoisotopic (exact) mass is 368 g/mol. The molecule has 0 saturated heterocycles. The van der Waals surface area contributed by atoms with Crippen LogP contribution in [0.4, 0.5) is 0 Å². The van der Waals surface area contributed by atoms with Crippen LogP contribution in [-0.4, -0.2) is 20.5 Å². The molecular weight excluding hydrogens is 360 g/mol. The van der Waals surface area contributed by atoms with Crippen molar-refractivity contribution in [2.24, 2.45) is 5.73 Å². The highest BCUT2D eigenvalue weighted by atomic mass is 79.9. The Morgan fingerprint density at radius 1 is 1.38 bits per heavy atom. The molecule has 88 valence electrons. The first kappa shape index (κ1) is 12.5. The van der Waals surface area contributed by atoms with Crippen molar-refractivity contribution in [2.75, 3.05) is 0 Å². The van der Waals surface area contributed by atoms with Gasteiger partial charge in [-0.25, -0.2) is 13.1 Å². The summed E-state index contributed by atoms with van der Waals surface area (Å²) in [4.78, 5) is 0.223. The van der Waals surface area contributed by atoms with Crippen LogP contribution < -0.4 is 10.5 Å². The first-order valence-corrected chi connectivity index (χ1v) is 7.70. The standard InChI is InChI=1S/C9H10Br2N2O2S/c10-5-1-2-6(11)9(3-5)16(14,15)13-8-4-7(8)12/h1-3,7-8,13H,4,12H2. The molecule has 1 fully saturated rings. The molecule has 0 heterocycles. The first-order chi connectivity index (χ1) is 7.40. The van der Waals surface area contributed by atoms with E-state index in [1.807, 2.05) is 0 Å². The van der Waals surface area contributed by atoms with E-state index in [0.717, 1.165) is 4.47 Å². The largest absolute Gasteiger partial charge is 0.326 e. The number of hydrogen-bond acceptors (Lipinski definition) is 3. The Bertz CT molecular complexity index is 518. The molecule has 0 radical (unpaired) electrons. The van der Waals surface area contributed by atoms with Crippen molar-refractivity contribution in [1.29, 1.82) is 0 Å². The molecule has 0 spiro atoms. The highest BCUT2D eigenvalue weighted by Gasteiger charge is 2.37. The van der Waals surface area contributed by atoms with Crippen LogP contribution in [0.3, 0.4) is 0 Å². The minimum atomic E-state index is -3.49. The zero-order chi connectivity index (χ0) is 11.9. The molecule has 7 heteroatoms. The smallest absolute Gasteiger partial charge is 0.242 e. The lowest BCUT2D eigenvalue weighted by molar-refractivity contribution is 0.579. The van der Waals surface area contributed by atoms with E-state index in [2.05, 4.69) is 36.6 Å². The SMILES string of the molecule is NC1CC1NS(=O)(=O)c1cc(Br)ccc1Br. The Hall–Kier alpha value is 0.0500. The fraction of sp³-hybridized carbons (Fsp3) is 0.333. The first-order valence-electron chi connectivity index (χ1n) is 4.63. The predicted octanol–water partition coefficient (Wildman–Crippen LogP) is 1.59. The van der Waals surface area contributed by atoms with Crippen LogP contribution in [0.25, 0.3) is 0 Å². The van der Waals surface area contributed by atoms with E-state index in [9.17, 15) is 8.42 Å². The van der Waals surface area contributed by atoms with Gasteiger partial charge >= 0.3 is 0 Å². The summed E-state index contributed by atoms with van der Waals surface area (Å²) in [5, 5.41) is 0. The molecule has 0 amide bonds. The zero-order valence-electron chi connectivity index (χ0n) is 8.15. The number of rotatable bonds is 3. The second-order valence-corrected chi connectivity index (χ2v) is 7.15. The number of nitrogens with two attached hydrogens (primary N) is 1. The van der Waals surface area contributed by atoms with Crippen LogP contribution in [-0.2, 0) is 10.0 Å². The maximum atomic E-state index is 12.0. The number of halogens is 2. The van der Waals surface area contributed by atoms with E-state index in [1.165, 1.54) is 0 Å². The molecule has 0 aliphatic heterocycles. The molecule has 0 bridgehead atoms. The summed E-state index contributed by atoms with van der Waals surface area (Å²) in [6, 6.07) is 4.83. The maximum absolute atomic E-state index is 12.0. The zero-order valence-corrected chi connectivity index (χ0v) is 12.1. The van der Waals surface area contributed by atoms with Crippen LogP contribution >= 0.6 is 31.9 Å². The fourth-order valence-corrected chi connectivity index (χ4v) is 4.10. The van der Waals surface area contributed by atoms with Gasteiger partial charge in [-0.2, -0.15) is 0 Å². The van der Waals surface area contributed by atoms with Crippen LogP contribution in [0.1, 0.15) is 6.42 Å². The number of sulfonamides is 1. The quantitative estimate of drug-likeness (QED) is 0.849. The van der Waals surface area contributed by atoms with Crippen LogP contribution in [0.5, 0.6) is 0 Å². The molecule has 2 atom stereocenters. The Balaban J connectivity index is 2.31. The van der Waals surface area contributed by atoms with Gasteiger partial charge in [-0.1, -0.05) is 15.9 Å². The molecule has 1 aromatic carbocycles. The van der Waals surface area contributed by atoms with Gasteiger partial charge in [0, 0.05) is 21.0 Å². The number of benzene rings is 1. The van der Waals surface area contributed by atoms with E-state index in [1.54, 1.807) is 18.2 Å². The van der Waals surface area contributed by atoms with Gasteiger partial charge in [-0.05, 0) is 40.5 Å². The minimum Gasteiger partial charge on any atom is -0.326 e. The Labute approximate surface area is 111 Å². The van der Waals surface area contributed by atoms with Gasteiger partial charge in [-0.15, -0.1) is 0 Å². The third-order valence-electron chi connectivity index (χ3n) is 2.33. The lowest BCUT2D eigenvalue weighted by Gasteiger charge is -2.08. The molecule has 2 unspecified atom stereocenters. The normalized spacial score (nSPS) is 24.4. The highest BCUT2D eigenvalue weighted by Crippen LogP contribution is 2.28. The molecule has 2 rings (SSSR count).